The van der Waals surface area contributed by atoms with E-state index in [0.717, 1.165) is 17.9 Å². The van der Waals surface area contributed by atoms with Gasteiger partial charge in [-0.05, 0) is 55.2 Å². The fourth-order valence-electron chi connectivity index (χ4n) is 3.17. The maximum atomic E-state index is 11.8. The van der Waals surface area contributed by atoms with Crippen molar-refractivity contribution in [1.82, 2.24) is 4.72 Å². The van der Waals surface area contributed by atoms with Crippen molar-refractivity contribution in [3.8, 4) is 11.5 Å². The number of sulfonamides is 1. The van der Waals surface area contributed by atoms with Gasteiger partial charge < -0.3 is 9.47 Å². The van der Waals surface area contributed by atoms with Crippen molar-refractivity contribution in [3.05, 3.63) is 23.8 Å². The second-order valence-electron chi connectivity index (χ2n) is 6.35. The Bertz CT molecular complexity index is 640. The molecule has 1 N–H and O–H groups in total. The number of nitrogens with one attached hydrogen (secondary N) is 1. The van der Waals surface area contributed by atoms with Crippen LogP contribution in [0.5, 0.6) is 11.5 Å². The molecule has 2 aliphatic rings. The number of ether oxygens (including phenoxy) is 2. The SMILES string of the molecule is CCCS(=O)(=O)NCCC(c1ccc2c(c1)OCCO2)C1CC1. The zero-order valence-electron chi connectivity index (χ0n) is 13.6. The average Bonchev–Trinajstić information content (AvgIpc) is 3.36. The average molecular weight is 339 g/mol. The van der Waals surface area contributed by atoms with Gasteiger partial charge >= 0.3 is 0 Å². The number of hydrogen-bond acceptors (Lipinski definition) is 4. The van der Waals surface area contributed by atoms with Gasteiger partial charge in [-0.2, -0.15) is 0 Å². The highest BCUT2D eigenvalue weighted by Crippen LogP contribution is 2.46. The van der Waals surface area contributed by atoms with Crippen molar-refractivity contribution in [2.45, 2.75) is 38.5 Å². The van der Waals surface area contributed by atoms with E-state index in [4.69, 9.17) is 9.47 Å². The summed E-state index contributed by atoms with van der Waals surface area (Å²) in [6.45, 7) is 3.55. The fourth-order valence-corrected chi connectivity index (χ4v) is 4.29. The lowest BCUT2D eigenvalue weighted by molar-refractivity contribution is 0.171. The highest BCUT2D eigenvalue weighted by molar-refractivity contribution is 7.89. The smallest absolute Gasteiger partial charge is 0.211 e. The van der Waals surface area contributed by atoms with Crippen molar-refractivity contribution in [3.63, 3.8) is 0 Å². The molecule has 128 valence electrons. The van der Waals surface area contributed by atoms with Crippen LogP contribution in [-0.2, 0) is 10.0 Å². The Balaban J connectivity index is 1.65. The minimum absolute atomic E-state index is 0.200. The first kappa shape index (κ1) is 16.6. The Morgan fingerprint density at radius 2 is 1.96 bits per heavy atom. The fraction of sp³-hybridized carbons (Fsp3) is 0.647. The lowest BCUT2D eigenvalue weighted by Crippen LogP contribution is -2.28. The molecule has 1 atom stereocenters. The molecule has 3 rings (SSSR count). The minimum Gasteiger partial charge on any atom is -0.486 e. The van der Waals surface area contributed by atoms with Gasteiger partial charge in [0.1, 0.15) is 13.2 Å². The Kier molecular flexibility index (Phi) is 5.11. The molecule has 1 unspecified atom stereocenters. The van der Waals surface area contributed by atoms with Crippen LogP contribution in [0.15, 0.2) is 18.2 Å². The Labute approximate surface area is 138 Å². The van der Waals surface area contributed by atoms with Crippen LogP contribution in [-0.4, -0.2) is 33.9 Å². The van der Waals surface area contributed by atoms with Crippen LogP contribution in [0.25, 0.3) is 0 Å². The van der Waals surface area contributed by atoms with Crippen LogP contribution in [0.2, 0.25) is 0 Å². The minimum atomic E-state index is -3.12. The summed E-state index contributed by atoms with van der Waals surface area (Å²) >= 11 is 0. The molecule has 6 heteroatoms. The van der Waals surface area contributed by atoms with Crippen LogP contribution in [0.1, 0.15) is 44.1 Å². The molecular weight excluding hydrogens is 314 g/mol. The van der Waals surface area contributed by atoms with E-state index in [9.17, 15) is 8.42 Å². The predicted molar refractivity (Wildman–Crippen MR) is 89.6 cm³/mol. The van der Waals surface area contributed by atoms with Gasteiger partial charge in [0.2, 0.25) is 10.0 Å². The van der Waals surface area contributed by atoms with Gasteiger partial charge in [-0.1, -0.05) is 13.0 Å². The van der Waals surface area contributed by atoms with Gasteiger partial charge in [0, 0.05) is 6.54 Å². The van der Waals surface area contributed by atoms with Crippen molar-refractivity contribution < 1.29 is 17.9 Å². The normalized spacial score (nSPS) is 18.7. The maximum absolute atomic E-state index is 11.8. The van der Waals surface area contributed by atoms with Gasteiger partial charge in [-0.25, -0.2) is 13.1 Å². The zero-order valence-corrected chi connectivity index (χ0v) is 14.4. The van der Waals surface area contributed by atoms with E-state index >= 15 is 0 Å². The standard InChI is InChI=1S/C17H25NO4S/c1-2-11-23(19,20)18-8-7-15(13-3-4-13)14-5-6-16-17(12-14)22-10-9-21-16/h5-6,12-13,15,18H,2-4,7-11H2,1H3. The molecule has 0 saturated heterocycles. The van der Waals surface area contributed by atoms with E-state index in [1.54, 1.807) is 0 Å². The van der Waals surface area contributed by atoms with E-state index in [1.165, 1.54) is 18.4 Å². The Hall–Kier alpha value is -1.27. The lowest BCUT2D eigenvalue weighted by Gasteiger charge is -2.22. The quantitative estimate of drug-likeness (QED) is 0.791. The van der Waals surface area contributed by atoms with E-state index in [0.29, 0.717) is 38.0 Å². The molecule has 1 fully saturated rings. The highest BCUT2D eigenvalue weighted by atomic mass is 32.2. The molecule has 1 heterocycles. The van der Waals surface area contributed by atoms with E-state index < -0.39 is 10.0 Å². The zero-order chi connectivity index (χ0) is 16.3. The maximum Gasteiger partial charge on any atom is 0.211 e. The third-order valence-electron chi connectivity index (χ3n) is 4.44. The summed E-state index contributed by atoms with van der Waals surface area (Å²) < 4.78 is 37.5. The van der Waals surface area contributed by atoms with Crippen LogP contribution >= 0.6 is 0 Å². The molecule has 0 aromatic heterocycles. The molecule has 1 aromatic carbocycles. The van der Waals surface area contributed by atoms with E-state index in [2.05, 4.69) is 16.9 Å². The number of hydrogen-bond donors (Lipinski definition) is 1. The third kappa shape index (κ3) is 4.38. The first-order valence-electron chi connectivity index (χ1n) is 8.46. The number of benzene rings is 1. The largest absolute Gasteiger partial charge is 0.486 e. The van der Waals surface area contributed by atoms with Crippen LogP contribution in [0, 0.1) is 5.92 Å². The van der Waals surface area contributed by atoms with Crippen LogP contribution in [0.3, 0.4) is 0 Å². The molecule has 23 heavy (non-hydrogen) atoms. The van der Waals surface area contributed by atoms with Crippen LogP contribution < -0.4 is 14.2 Å². The summed E-state index contributed by atoms with van der Waals surface area (Å²) in [7, 11) is -3.12. The molecule has 1 aliphatic carbocycles. The highest BCUT2D eigenvalue weighted by Gasteiger charge is 2.32. The third-order valence-corrected chi connectivity index (χ3v) is 6.03. The second kappa shape index (κ2) is 7.09. The molecular formula is C17H25NO4S. The van der Waals surface area contributed by atoms with Gasteiger partial charge in [0.25, 0.3) is 0 Å². The molecule has 1 saturated carbocycles. The van der Waals surface area contributed by atoms with Crippen molar-refractivity contribution >= 4 is 10.0 Å². The molecule has 0 amide bonds. The first-order valence-corrected chi connectivity index (χ1v) is 10.1. The predicted octanol–water partition coefficient (Wildman–Crippen LogP) is 2.67. The number of rotatable bonds is 8. The summed E-state index contributed by atoms with van der Waals surface area (Å²) in [6.07, 6.45) is 3.92. The van der Waals surface area contributed by atoms with Crippen LogP contribution in [0.4, 0.5) is 0 Å². The monoisotopic (exact) mass is 339 g/mol. The summed E-state index contributed by atoms with van der Waals surface area (Å²) in [6, 6.07) is 6.13. The topological polar surface area (TPSA) is 64.6 Å². The molecule has 1 aromatic rings. The van der Waals surface area contributed by atoms with E-state index in [-0.39, 0.29) is 5.75 Å². The molecule has 0 bridgehead atoms. The van der Waals surface area contributed by atoms with Crippen molar-refractivity contribution in [1.29, 1.82) is 0 Å². The van der Waals surface area contributed by atoms with Gasteiger partial charge in [0.15, 0.2) is 11.5 Å². The van der Waals surface area contributed by atoms with Crippen molar-refractivity contribution in [2.75, 3.05) is 25.5 Å². The van der Waals surface area contributed by atoms with Gasteiger partial charge in [0.05, 0.1) is 5.75 Å². The molecule has 0 radical (unpaired) electrons. The first-order chi connectivity index (χ1) is 11.1. The van der Waals surface area contributed by atoms with Crippen molar-refractivity contribution in [2.24, 2.45) is 5.92 Å². The van der Waals surface area contributed by atoms with E-state index in [1.807, 2.05) is 13.0 Å². The summed E-state index contributed by atoms with van der Waals surface area (Å²) in [5.74, 6) is 2.86. The molecule has 0 spiro atoms. The molecule has 5 nitrogen and oxygen atoms in total. The lowest BCUT2D eigenvalue weighted by atomic mass is 9.91. The second-order valence-corrected chi connectivity index (χ2v) is 8.28. The Morgan fingerprint density at radius 1 is 1.22 bits per heavy atom. The summed E-state index contributed by atoms with van der Waals surface area (Å²) in [5.41, 5.74) is 1.23. The Morgan fingerprint density at radius 3 is 2.65 bits per heavy atom. The summed E-state index contributed by atoms with van der Waals surface area (Å²) in [5, 5.41) is 0. The summed E-state index contributed by atoms with van der Waals surface area (Å²) in [4.78, 5) is 0. The molecule has 1 aliphatic heterocycles. The number of fused-ring (bicyclic) bond motifs is 1. The van der Waals surface area contributed by atoms with Gasteiger partial charge in [-0.15, -0.1) is 0 Å². The van der Waals surface area contributed by atoms with Gasteiger partial charge in [-0.3, -0.25) is 0 Å².